The highest BCUT2D eigenvalue weighted by Crippen LogP contribution is 2.51. The number of anilines is 2. The van der Waals surface area contributed by atoms with Gasteiger partial charge in [-0.05, 0) is 53.3 Å². The average Bonchev–Trinajstić information content (AvgIpc) is 3.96. The molecule has 13 nitrogen and oxygen atoms in total. The number of aryl methyl sites for hydroxylation is 2. The number of rotatable bonds is 12. The van der Waals surface area contributed by atoms with Crippen LogP contribution in [0.25, 0.3) is 20.2 Å². The zero-order chi connectivity index (χ0) is 42.4. The Morgan fingerprint density at radius 1 is 0.797 bits per heavy atom. The summed E-state index contributed by atoms with van der Waals surface area (Å²) in [5.74, 6) is -1.95. The SMILES string of the molecule is CC(=O)OC[C@H]1O[C@@H](Oc2cc3c(c4c(C)csc24)[C@H](CCl)CN3C(=O)CCCC(=O)N2C[C@@H](CCl)c3c2cc(O)c2scc(C)c32)[C@H](C)[C@@H](OC(C)=O)[C@@H]1OC(C)=O. The minimum absolute atomic E-state index is 0.0827. The van der Waals surface area contributed by atoms with Gasteiger partial charge in [0.2, 0.25) is 18.1 Å². The Bertz CT molecular complexity index is 2330. The second kappa shape index (κ2) is 17.4. The molecule has 0 saturated carbocycles. The van der Waals surface area contributed by atoms with Gasteiger partial charge in [-0.25, -0.2) is 0 Å². The zero-order valence-electron chi connectivity index (χ0n) is 33.5. The molecule has 7 atom stereocenters. The molecule has 2 aromatic carbocycles. The van der Waals surface area contributed by atoms with Crippen LogP contribution in [0.4, 0.5) is 11.4 Å². The summed E-state index contributed by atoms with van der Waals surface area (Å²) < 4.78 is 31.0. The molecule has 316 valence electrons. The van der Waals surface area contributed by atoms with E-state index in [-0.39, 0.29) is 54.7 Å². The molecule has 4 aromatic rings. The van der Waals surface area contributed by atoms with Crippen LogP contribution in [0.1, 0.15) is 81.0 Å². The second-order valence-corrected chi connectivity index (χ2v) is 17.8. The molecule has 0 aliphatic carbocycles. The largest absolute Gasteiger partial charge is 0.506 e. The molecule has 59 heavy (non-hydrogen) atoms. The van der Waals surface area contributed by atoms with Crippen molar-refractivity contribution >= 4 is 107 Å². The van der Waals surface area contributed by atoms with E-state index >= 15 is 0 Å². The molecule has 3 aliphatic rings. The Morgan fingerprint density at radius 3 is 1.86 bits per heavy atom. The van der Waals surface area contributed by atoms with Gasteiger partial charge in [0, 0.05) is 93.2 Å². The Morgan fingerprint density at radius 2 is 1.32 bits per heavy atom. The lowest BCUT2D eigenvalue weighted by Gasteiger charge is -2.43. The number of amides is 2. The van der Waals surface area contributed by atoms with Crippen molar-refractivity contribution in [2.24, 2.45) is 5.92 Å². The van der Waals surface area contributed by atoms with Gasteiger partial charge >= 0.3 is 17.9 Å². The highest BCUT2D eigenvalue weighted by molar-refractivity contribution is 7.18. The van der Waals surface area contributed by atoms with Crippen LogP contribution in [0.2, 0.25) is 0 Å². The van der Waals surface area contributed by atoms with Gasteiger partial charge in [-0.1, -0.05) is 6.92 Å². The third-order valence-electron chi connectivity index (χ3n) is 11.2. The quantitative estimate of drug-likeness (QED) is 0.0841. The van der Waals surface area contributed by atoms with Crippen molar-refractivity contribution in [1.29, 1.82) is 0 Å². The molecule has 0 spiro atoms. The summed E-state index contributed by atoms with van der Waals surface area (Å²) in [7, 11) is 0. The summed E-state index contributed by atoms with van der Waals surface area (Å²) >= 11 is 15.9. The number of phenolic OH excluding ortho intramolecular Hbond substituents is 1. The highest BCUT2D eigenvalue weighted by Gasteiger charge is 2.50. The van der Waals surface area contributed by atoms with E-state index in [2.05, 4.69) is 0 Å². The molecular weight excluding hydrogens is 844 g/mol. The van der Waals surface area contributed by atoms with Crippen molar-refractivity contribution in [2.75, 3.05) is 41.3 Å². The molecule has 1 N–H and O–H groups in total. The normalized spacial score (nSPS) is 23.6. The number of thiophene rings is 2. The number of esters is 3. The van der Waals surface area contributed by atoms with Crippen LogP contribution < -0.4 is 14.5 Å². The van der Waals surface area contributed by atoms with E-state index in [0.29, 0.717) is 42.5 Å². The first-order chi connectivity index (χ1) is 28.1. The van der Waals surface area contributed by atoms with Gasteiger partial charge < -0.3 is 38.6 Å². The number of benzene rings is 2. The highest BCUT2D eigenvalue weighted by atomic mass is 35.5. The van der Waals surface area contributed by atoms with E-state index in [4.69, 9.17) is 46.9 Å². The maximum atomic E-state index is 14.1. The third kappa shape index (κ3) is 8.20. The van der Waals surface area contributed by atoms with Gasteiger partial charge in [0.05, 0.1) is 26.7 Å². The maximum absolute atomic E-state index is 14.1. The van der Waals surface area contributed by atoms with E-state index < -0.39 is 48.4 Å². The lowest BCUT2D eigenvalue weighted by atomic mass is 9.91. The van der Waals surface area contributed by atoms with Gasteiger partial charge in [-0.2, -0.15) is 0 Å². The molecule has 0 bridgehead atoms. The number of ether oxygens (including phenoxy) is 5. The lowest BCUT2D eigenvalue weighted by Crippen LogP contribution is -2.59. The average molecular weight is 890 g/mol. The number of halogens is 2. The molecular formula is C42H46Cl2N2O11S2. The van der Waals surface area contributed by atoms with E-state index in [9.17, 15) is 29.1 Å². The number of phenols is 1. The summed E-state index contributed by atoms with van der Waals surface area (Å²) in [6, 6.07) is 3.45. The van der Waals surface area contributed by atoms with Crippen molar-refractivity contribution < 1.29 is 52.8 Å². The number of nitrogens with zero attached hydrogens (tertiary/aromatic N) is 2. The number of hydrogen-bond donors (Lipinski definition) is 1. The minimum atomic E-state index is -1.09. The topological polar surface area (TPSA) is 158 Å². The second-order valence-electron chi connectivity index (χ2n) is 15.4. The standard InChI is InChI=1S/C42H46Cl2N2O11S2/c1-19-17-58-40-29(50)10-27-36(34(19)40)25(12-43)14-45(27)32(51)8-7-9-33(52)46-15-26(13-44)37-28(46)11-30(41-35(37)20(2)18-59-41)56-42-21(3)38(54-23(5)48)39(55-24(6)49)31(57-42)16-53-22(4)47/h10-11,17-18,21,25-26,31,38-39,42,50H,7-9,12-16H2,1-6H3/t21-,25-,26-,31-,38-,39-,42-/m1/s1. The van der Waals surface area contributed by atoms with Gasteiger partial charge in [0.25, 0.3) is 0 Å². The Hall–Kier alpha value is -4.15. The van der Waals surface area contributed by atoms with Crippen LogP contribution in [-0.4, -0.2) is 90.9 Å². The predicted octanol–water partition coefficient (Wildman–Crippen LogP) is 7.81. The number of fused-ring (bicyclic) bond motifs is 6. The van der Waals surface area contributed by atoms with Gasteiger partial charge in [-0.15, -0.1) is 45.9 Å². The van der Waals surface area contributed by atoms with Crippen LogP contribution in [0, 0.1) is 19.8 Å². The monoisotopic (exact) mass is 888 g/mol. The Balaban J connectivity index is 1.13. The summed E-state index contributed by atoms with van der Waals surface area (Å²) in [5, 5.41) is 16.7. The first-order valence-corrected chi connectivity index (χ1v) is 22.3. The van der Waals surface area contributed by atoms with Crippen molar-refractivity contribution in [1.82, 2.24) is 0 Å². The van der Waals surface area contributed by atoms with Gasteiger partial charge in [0.1, 0.15) is 30.3 Å². The van der Waals surface area contributed by atoms with Crippen molar-refractivity contribution in [3.05, 3.63) is 45.1 Å². The summed E-state index contributed by atoms with van der Waals surface area (Å²) in [4.78, 5) is 67.5. The summed E-state index contributed by atoms with van der Waals surface area (Å²) in [6.07, 6.45) is -3.70. The maximum Gasteiger partial charge on any atom is 0.303 e. The fraction of sp³-hybridized carbons (Fsp3) is 0.500. The summed E-state index contributed by atoms with van der Waals surface area (Å²) in [5.41, 5.74) is 5.20. The van der Waals surface area contributed by atoms with Crippen LogP contribution in [0.5, 0.6) is 11.5 Å². The van der Waals surface area contributed by atoms with E-state index in [1.807, 2.05) is 24.6 Å². The molecule has 2 aromatic heterocycles. The third-order valence-corrected chi connectivity index (χ3v) is 14.2. The number of hydrogen-bond acceptors (Lipinski definition) is 13. The number of alkyl halides is 2. The van der Waals surface area contributed by atoms with Crippen molar-refractivity contribution in [2.45, 2.75) is 97.2 Å². The van der Waals surface area contributed by atoms with Crippen LogP contribution in [-0.2, 0) is 42.9 Å². The fourth-order valence-electron chi connectivity index (χ4n) is 8.62. The van der Waals surface area contributed by atoms with Crippen molar-refractivity contribution in [3.63, 3.8) is 0 Å². The number of carbonyl (C=O) groups is 5. The predicted molar refractivity (Wildman–Crippen MR) is 226 cm³/mol. The lowest BCUT2D eigenvalue weighted by molar-refractivity contribution is -0.267. The Labute approximate surface area is 359 Å². The molecule has 7 rings (SSSR count). The molecule has 2 amide bonds. The van der Waals surface area contributed by atoms with E-state index in [0.717, 1.165) is 42.4 Å². The first-order valence-electron chi connectivity index (χ1n) is 19.4. The van der Waals surface area contributed by atoms with E-state index in [1.54, 1.807) is 28.9 Å². The minimum Gasteiger partial charge on any atom is -0.506 e. The number of aromatic hydroxyl groups is 1. The summed E-state index contributed by atoms with van der Waals surface area (Å²) in [6.45, 7) is 9.85. The van der Waals surface area contributed by atoms with Crippen LogP contribution >= 0.6 is 45.9 Å². The zero-order valence-corrected chi connectivity index (χ0v) is 36.6. The smallest absolute Gasteiger partial charge is 0.303 e. The van der Waals surface area contributed by atoms with Gasteiger partial charge in [0.15, 0.2) is 6.10 Å². The van der Waals surface area contributed by atoms with E-state index in [1.165, 1.54) is 43.4 Å². The molecule has 0 unspecified atom stereocenters. The molecule has 0 radical (unpaired) electrons. The molecule has 1 saturated heterocycles. The molecule has 5 heterocycles. The van der Waals surface area contributed by atoms with Crippen LogP contribution in [0.3, 0.4) is 0 Å². The van der Waals surface area contributed by atoms with Gasteiger partial charge in [-0.3, -0.25) is 24.0 Å². The first kappa shape index (κ1) is 43.0. The molecule has 1 fully saturated rings. The van der Waals surface area contributed by atoms with Crippen LogP contribution in [0.15, 0.2) is 22.9 Å². The number of carbonyl (C=O) groups excluding carboxylic acids is 5. The fourth-order valence-corrected chi connectivity index (χ4v) is 11.1. The molecule has 17 heteroatoms. The molecule has 3 aliphatic heterocycles. The van der Waals surface area contributed by atoms with Crippen molar-refractivity contribution in [3.8, 4) is 11.5 Å². The Kier molecular flexibility index (Phi) is 12.7.